The van der Waals surface area contributed by atoms with Gasteiger partial charge in [-0.3, -0.25) is 9.59 Å². The van der Waals surface area contributed by atoms with Crippen LogP contribution < -0.4 is 16.2 Å². The van der Waals surface area contributed by atoms with E-state index >= 15 is 0 Å². The monoisotopic (exact) mass is 414 g/mol. The Balaban J connectivity index is 1.26. The molecule has 8 nitrogen and oxygen atoms in total. The molecule has 4 fully saturated rings. The van der Waals surface area contributed by atoms with Gasteiger partial charge in [0.15, 0.2) is 0 Å². The fourth-order valence-electron chi connectivity index (χ4n) is 5.75. The van der Waals surface area contributed by atoms with Crippen molar-refractivity contribution in [1.29, 1.82) is 0 Å². The zero-order valence-electron chi connectivity index (χ0n) is 16.0. The van der Waals surface area contributed by atoms with Gasteiger partial charge in [-0.25, -0.2) is 4.68 Å². The number of hydrogen-bond acceptors (Lipinski definition) is 6. The molecule has 6 rings (SSSR count). The lowest BCUT2D eigenvalue weighted by Crippen LogP contribution is -2.40. The van der Waals surface area contributed by atoms with Crippen molar-refractivity contribution in [2.45, 2.75) is 50.7 Å². The van der Waals surface area contributed by atoms with Crippen molar-refractivity contribution in [3.05, 3.63) is 45.6 Å². The highest BCUT2D eigenvalue weighted by atomic mass is 35.5. The largest absolute Gasteiger partial charge is 0.377 e. The van der Waals surface area contributed by atoms with Gasteiger partial charge in [0, 0.05) is 18.3 Å². The first-order valence-corrected chi connectivity index (χ1v) is 10.5. The predicted octanol–water partition coefficient (Wildman–Crippen LogP) is 1.99. The molecule has 2 aromatic rings. The highest BCUT2D eigenvalue weighted by molar-refractivity contribution is 6.33. The summed E-state index contributed by atoms with van der Waals surface area (Å²) in [7, 11) is 0. The average Bonchev–Trinajstić information content (AvgIpc) is 3.10. The molecule has 4 bridgehead atoms. The van der Waals surface area contributed by atoms with Crippen LogP contribution in [0.5, 0.6) is 0 Å². The van der Waals surface area contributed by atoms with E-state index in [0.29, 0.717) is 18.2 Å². The summed E-state index contributed by atoms with van der Waals surface area (Å²) in [6.07, 6.45) is 10.9. The number of amides is 1. The lowest BCUT2D eigenvalue weighted by atomic mass is 9.80. The van der Waals surface area contributed by atoms with Gasteiger partial charge in [-0.05, 0) is 61.5 Å². The first kappa shape index (κ1) is 18.5. The fourth-order valence-corrected chi connectivity index (χ4v) is 5.94. The fraction of sp³-hybridized carbons (Fsp3) is 0.550. The Morgan fingerprint density at radius 2 is 2.00 bits per heavy atom. The van der Waals surface area contributed by atoms with Crippen molar-refractivity contribution >= 4 is 23.2 Å². The maximum absolute atomic E-state index is 12.7. The SMILES string of the molecule is O=C(Cn1ncc(NC23CC4CC(CC2C4)C3)c(Cl)c1=O)NCc1ccnnc1. The molecule has 29 heavy (non-hydrogen) atoms. The molecule has 2 unspecified atom stereocenters. The smallest absolute Gasteiger partial charge is 0.288 e. The highest BCUT2D eigenvalue weighted by Crippen LogP contribution is 2.61. The number of anilines is 1. The number of carbonyl (C=O) groups excluding carboxylic acids is 1. The van der Waals surface area contributed by atoms with Crippen molar-refractivity contribution < 1.29 is 4.79 Å². The molecule has 9 heteroatoms. The van der Waals surface area contributed by atoms with Crippen LogP contribution in [0.1, 0.15) is 37.7 Å². The van der Waals surface area contributed by atoms with E-state index in [-0.39, 0.29) is 23.0 Å². The van der Waals surface area contributed by atoms with E-state index in [2.05, 4.69) is 25.9 Å². The van der Waals surface area contributed by atoms with Crippen molar-refractivity contribution in [1.82, 2.24) is 25.3 Å². The Kier molecular flexibility index (Phi) is 4.53. The van der Waals surface area contributed by atoms with E-state index in [9.17, 15) is 9.59 Å². The molecule has 4 aliphatic rings. The van der Waals surface area contributed by atoms with E-state index in [0.717, 1.165) is 34.9 Å². The molecular formula is C20H23ClN6O2. The first-order chi connectivity index (χ1) is 14.0. The molecule has 2 heterocycles. The van der Waals surface area contributed by atoms with E-state index in [1.165, 1.54) is 19.3 Å². The zero-order valence-corrected chi connectivity index (χ0v) is 16.7. The van der Waals surface area contributed by atoms with E-state index in [1.54, 1.807) is 24.7 Å². The van der Waals surface area contributed by atoms with E-state index < -0.39 is 5.56 Å². The van der Waals surface area contributed by atoms with Crippen LogP contribution in [0.2, 0.25) is 5.02 Å². The molecule has 2 aromatic heterocycles. The summed E-state index contributed by atoms with van der Waals surface area (Å²) in [4.78, 5) is 24.9. The number of carbonyl (C=O) groups is 1. The summed E-state index contributed by atoms with van der Waals surface area (Å²) in [5.74, 6) is 1.94. The summed E-state index contributed by atoms with van der Waals surface area (Å²) < 4.78 is 1.10. The third-order valence-electron chi connectivity index (χ3n) is 6.79. The maximum atomic E-state index is 12.7. The van der Waals surface area contributed by atoms with Crippen LogP contribution in [0.3, 0.4) is 0 Å². The quantitative estimate of drug-likeness (QED) is 0.749. The molecule has 0 saturated heterocycles. The molecular weight excluding hydrogens is 392 g/mol. The van der Waals surface area contributed by atoms with Crippen LogP contribution in [-0.2, 0) is 17.9 Å². The number of nitrogens with one attached hydrogen (secondary N) is 2. The van der Waals surface area contributed by atoms with Crippen LogP contribution in [0, 0.1) is 17.8 Å². The second kappa shape index (κ2) is 7.09. The Morgan fingerprint density at radius 1 is 1.21 bits per heavy atom. The second-order valence-electron chi connectivity index (χ2n) is 8.69. The van der Waals surface area contributed by atoms with Crippen molar-refractivity contribution in [2.24, 2.45) is 17.8 Å². The Labute approximate surface area is 173 Å². The van der Waals surface area contributed by atoms with Crippen LogP contribution in [0.25, 0.3) is 0 Å². The average molecular weight is 415 g/mol. The van der Waals surface area contributed by atoms with Gasteiger partial charge in [-0.1, -0.05) is 11.6 Å². The molecule has 0 spiro atoms. The molecule has 2 N–H and O–H groups in total. The minimum Gasteiger partial charge on any atom is -0.377 e. The van der Waals surface area contributed by atoms with Crippen LogP contribution in [0.15, 0.2) is 29.5 Å². The van der Waals surface area contributed by atoms with Crippen molar-refractivity contribution in [2.75, 3.05) is 5.32 Å². The van der Waals surface area contributed by atoms with Gasteiger partial charge in [0.1, 0.15) is 11.6 Å². The number of hydrogen-bond donors (Lipinski definition) is 2. The first-order valence-electron chi connectivity index (χ1n) is 10.1. The van der Waals surface area contributed by atoms with Crippen LogP contribution in [0.4, 0.5) is 5.69 Å². The van der Waals surface area contributed by atoms with Gasteiger partial charge in [0.25, 0.3) is 5.56 Å². The van der Waals surface area contributed by atoms with Crippen molar-refractivity contribution in [3.63, 3.8) is 0 Å². The topological polar surface area (TPSA) is 102 Å². The summed E-state index contributed by atoms with van der Waals surface area (Å²) >= 11 is 6.39. The van der Waals surface area contributed by atoms with Gasteiger partial charge < -0.3 is 10.6 Å². The van der Waals surface area contributed by atoms with E-state index in [1.807, 2.05) is 0 Å². The molecule has 4 aliphatic carbocycles. The van der Waals surface area contributed by atoms with Gasteiger partial charge in [-0.2, -0.15) is 15.3 Å². The number of aromatic nitrogens is 4. The predicted molar refractivity (Wildman–Crippen MR) is 107 cm³/mol. The van der Waals surface area contributed by atoms with Gasteiger partial charge in [-0.15, -0.1) is 0 Å². The second-order valence-corrected chi connectivity index (χ2v) is 9.07. The maximum Gasteiger partial charge on any atom is 0.288 e. The minimum absolute atomic E-state index is 0.0630. The zero-order chi connectivity index (χ0) is 20.0. The number of nitrogens with zero attached hydrogens (tertiary/aromatic N) is 4. The van der Waals surface area contributed by atoms with E-state index in [4.69, 9.17) is 11.6 Å². The lowest BCUT2D eigenvalue weighted by Gasteiger charge is -2.35. The third kappa shape index (κ3) is 3.39. The van der Waals surface area contributed by atoms with Crippen molar-refractivity contribution in [3.8, 4) is 0 Å². The molecule has 152 valence electrons. The highest BCUT2D eigenvalue weighted by Gasteiger charge is 2.57. The Morgan fingerprint density at radius 3 is 2.72 bits per heavy atom. The molecule has 0 aliphatic heterocycles. The van der Waals surface area contributed by atoms with Crippen LogP contribution in [-0.4, -0.2) is 31.4 Å². The molecule has 4 saturated carbocycles. The number of rotatable bonds is 6. The third-order valence-corrected chi connectivity index (χ3v) is 7.15. The summed E-state index contributed by atoms with van der Waals surface area (Å²) in [6, 6.07) is 1.76. The molecule has 0 aromatic carbocycles. The molecule has 2 atom stereocenters. The lowest BCUT2D eigenvalue weighted by molar-refractivity contribution is -0.122. The number of halogens is 1. The normalized spacial score (nSPS) is 29.2. The molecule has 0 radical (unpaired) electrons. The van der Waals surface area contributed by atoms with Gasteiger partial charge in [0.05, 0.1) is 18.1 Å². The van der Waals surface area contributed by atoms with Gasteiger partial charge >= 0.3 is 0 Å². The van der Waals surface area contributed by atoms with Crippen LogP contribution >= 0.6 is 11.6 Å². The van der Waals surface area contributed by atoms with Gasteiger partial charge in [0.2, 0.25) is 5.91 Å². The molecule has 1 amide bonds. The summed E-state index contributed by atoms with van der Waals surface area (Å²) in [5.41, 5.74) is 1.02. The Hall–Kier alpha value is -2.48. The Bertz CT molecular complexity index is 980. The summed E-state index contributed by atoms with van der Waals surface area (Å²) in [5, 5.41) is 18.1. The standard InChI is InChI=1S/C20H23ClN6O2/c21-18-16(26-20-6-13-3-14(7-20)5-15(20)4-13)10-25-27(19(18)29)11-17(28)22-8-12-1-2-23-24-9-12/h1-2,9-10,13-15,26H,3-8,11H2,(H,22,28). The minimum atomic E-state index is -0.452. The summed E-state index contributed by atoms with van der Waals surface area (Å²) in [6.45, 7) is 0.123.